The lowest BCUT2D eigenvalue weighted by Gasteiger charge is -2.38. The molecule has 0 aliphatic carbocycles. The number of hydrogen-bond donors (Lipinski definition) is 1. The van der Waals surface area contributed by atoms with Crippen LogP contribution in [0.4, 0.5) is 5.82 Å². The molecule has 1 aliphatic heterocycles. The fraction of sp³-hybridized carbons (Fsp3) is 0.538. The number of aromatic nitrogens is 1. The van der Waals surface area contributed by atoms with E-state index in [0.717, 1.165) is 23.8 Å². The van der Waals surface area contributed by atoms with Crippen LogP contribution in [0, 0.1) is 5.92 Å². The number of pyridine rings is 1. The van der Waals surface area contributed by atoms with Gasteiger partial charge >= 0.3 is 0 Å². The van der Waals surface area contributed by atoms with Gasteiger partial charge in [-0.2, -0.15) is 0 Å². The molecule has 0 radical (unpaired) electrons. The molecular weight excluding hydrogens is 230 g/mol. The Bertz CT molecular complexity index is 402. The number of nitrogens with zero attached hydrogens (tertiary/aromatic N) is 2. The SMILES string of the molecule is CC1CCCN(c2ccc(C(N)=S)cn2)C1C. The highest BCUT2D eigenvalue weighted by Gasteiger charge is 2.25. The molecule has 2 heterocycles. The number of piperidine rings is 1. The minimum absolute atomic E-state index is 0.407. The molecule has 1 fully saturated rings. The van der Waals surface area contributed by atoms with Crippen molar-refractivity contribution in [3.63, 3.8) is 0 Å². The average Bonchev–Trinajstić information content (AvgIpc) is 2.33. The van der Waals surface area contributed by atoms with Crippen molar-refractivity contribution in [2.24, 2.45) is 11.7 Å². The molecule has 0 spiro atoms. The second-order valence-corrected chi connectivity index (χ2v) is 5.26. The number of anilines is 1. The molecule has 2 atom stereocenters. The van der Waals surface area contributed by atoms with Crippen LogP contribution >= 0.6 is 12.2 Å². The van der Waals surface area contributed by atoms with Crippen LogP contribution in [-0.4, -0.2) is 22.6 Å². The van der Waals surface area contributed by atoms with Gasteiger partial charge in [0.25, 0.3) is 0 Å². The Labute approximate surface area is 108 Å². The minimum atomic E-state index is 0.407. The first-order chi connectivity index (χ1) is 8.09. The summed E-state index contributed by atoms with van der Waals surface area (Å²) >= 11 is 4.93. The average molecular weight is 249 g/mol. The number of rotatable bonds is 2. The lowest BCUT2D eigenvalue weighted by Crippen LogP contribution is -2.42. The van der Waals surface area contributed by atoms with Crippen molar-refractivity contribution < 1.29 is 0 Å². The highest BCUT2D eigenvalue weighted by atomic mass is 32.1. The summed E-state index contributed by atoms with van der Waals surface area (Å²) in [7, 11) is 0. The van der Waals surface area contributed by atoms with Crippen LogP contribution in [0.2, 0.25) is 0 Å². The van der Waals surface area contributed by atoms with Crippen molar-refractivity contribution in [2.45, 2.75) is 32.7 Å². The van der Waals surface area contributed by atoms with Crippen LogP contribution < -0.4 is 10.6 Å². The van der Waals surface area contributed by atoms with Crippen LogP contribution in [0.3, 0.4) is 0 Å². The largest absolute Gasteiger partial charge is 0.389 e. The molecule has 1 aliphatic rings. The smallest absolute Gasteiger partial charge is 0.128 e. The van der Waals surface area contributed by atoms with Gasteiger partial charge in [0, 0.05) is 24.3 Å². The lowest BCUT2D eigenvalue weighted by atomic mass is 9.92. The van der Waals surface area contributed by atoms with Crippen molar-refractivity contribution in [2.75, 3.05) is 11.4 Å². The van der Waals surface area contributed by atoms with Gasteiger partial charge in [0.05, 0.1) is 0 Å². The van der Waals surface area contributed by atoms with Crippen LogP contribution in [-0.2, 0) is 0 Å². The van der Waals surface area contributed by atoms with Crippen molar-refractivity contribution in [3.05, 3.63) is 23.9 Å². The van der Waals surface area contributed by atoms with E-state index < -0.39 is 0 Å². The molecule has 17 heavy (non-hydrogen) atoms. The molecule has 1 aromatic heterocycles. The van der Waals surface area contributed by atoms with Gasteiger partial charge in [0.1, 0.15) is 10.8 Å². The number of thiocarbonyl (C=S) groups is 1. The third-order valence-corrected chi connectivity index (χ3v) is 3.94. The van der Waals surface area contributed by atoms with Crippen LogP contribution in [0.25, 0.3) is 0 Å². The molecule has 2 N–H and O–H groups in total. The van der Waals surface area contributed by atoms with Crippen molar-refractivity contribution in [1.82, 2.24) is 4.98 Å². The summed E-state index contributed by atoms with van der Waals surface area (Å²) in [6, 6.07) is 4.52. The Morgan fingerprint density at radius 2 is 2.24 bits per heavy atom. The summed E-state index contributed by atoms with van der Waals surface area (Å²) in [4.78, 5) is 7.25. The number of nitrogens with two attached hydrogens (primary N) is 1. The molecule has 0 amide bonds. The monoisotopic (exact) mass is 249 g/mol. The summed E-state index contributed by atoms with van der Waals surface area (Å²) < 4.78 is 0. The molecule has 3 nitrogen and oxygen atoms in total. The highest BCUT2D eigenvalue weighted by Crippen LogP contribution is 2.26. The van der Waals surface area contributed by atoms with Crippen LogP contribution in [0.15, 0.2) is 18.3 Å². The van der Waals surface area contributed by atoms with E-state index in [1.165, 1.54) is 12.8 Å². The molecule has 1 saturated heterocycles. The second kappa shape index (κ2) is 5.00. The first kappa shape index (κ1) is 12.3. The molecule has 2 rings (SSSR count). The summed E-state index contributed by atoms with van der Waals surface area (Å²) in [5.41, 5.74) is 6.40. The Balaban J connectivity index is 2.19. The van der Waals surface area contributed by atoms with Gasteiger partial charge in [0.15, 0.2) is 0 Å². The summed E-state index contributed by atoms with van der Waals surface area (Å²) in [6.07, 6.45) is 4.32. The second-order valence-electron chi connectivity index (χ2n) is 4.82. The zero-order valence-corrected chi connectivity index (χ0v) is 11.2. The maximum Gasteiger partial charge on any atom is 0.128 e. The first-order valence-corrected chi connectivity index (χ1v) is 6.53. The molecule has 1 aromatic rings. The van der Waals surface area contributed by atoms with Crippen molar-refractivity contribution in [1.29, 1.82) is 0 Å². The summed E-state index contributed by atoms with van der Waals surface area (Å²) in [5.74, 6) is 1.75. The van der Waals surface area contributed by atoms with Gasteiger partial charge < -0.3 is 10.6 Å². The Morgan fingerprint density at radius 3 is 2.82 bits per heavy atom. The minimum Gasteiger partial charge on any atom is -0.389 e. The Hall–Kier alpha value is -1.16. The molecular formula is C13H19N3S. The molecule has 0 aromatic carbocycles. The van der Waals surface area contributed by atoms with Gasteiger partial charge in [-0.25, -0.2) is 4.98 Å². The van der Waals surface area contributed by atoms with Gasteiger partial charge in [-0.05, 0) is 37.8 Å². The Kier molecular flexibility index (Phi) is 3.62. The van der Waals surface area contributed by atoms with E-state index >= 15 is 0 Å². The summed E-state index contributed by atoms with van der Waals surface area (Å²) in [5, 5.41) is 0. The fourth-order valence-electron chi connectivity index (χ4n) is 2.36. The third-order valence-electron chi connectivity index (χ3n) is 3.70. The van der Waals surface area contributed by atoms with Gasteiger partial charge in [-0.3, -0.25) is 0 Å². The predicted molar refractivity (Wildman–Crippen MR) is 75.3 cm³/mol. The molecule has 4 heteroatoms. The van der Waals surface area contributed by atoms with E-state index in [-0.39, 0.29) is 0 Å². The van der Waals surface area contributed by atoms with E-state index in [4.69, 9.17) is 18.0 Å². The van der Waals surface area contributed by atoms with Crippen molar-refractivity contribution in [3.8, 4) is 0 Å². The maximum atomic E-state index is 5.57. The van der Waals surface area contributed by atoms with Gasteiger partial charge in [0.2, 0.25) is 0 Å². The van der Waals surface area contributed by atoms with Crippen LogP contribution in [0.1, 0.15) is 32.3 Å². The zero-order valence-electron chi connectivity index (χ0n) is 10.4. The topological polar surface area (TPSA) is 42.1 Å². The Morgan fingerprint density at radius 1 is 1.47 bits per heavy atom. The maximum absolute atomic E-state index is 5.57. The van der Waals surface area contributed by atoms with Gasteiger partial charge in [-0.1, -0.05) is 19.1 Å². The standard InChI is InChI=1S/C13H19N3S/c1-9-4-3-7-16(10(9)2)12-6-5-11(8-15-12)13(14)17/h5-6,8-10H,3-4,7H2,1-2H3,(H2,14,17). The first-order valence-electron chi connectivity index (χ1n) is 6.12. The number of hydrogen-bond acceptors (Lipinski definition) is 3. The van der Waals surface area contributed by atoms with E-state index in [1.807, 2.05) is 12.1 Å². The van der Waals surface area contributed by atoms with E-state index in [0.29, 0.717) is 11.0 Å². The highest BCUT2D eigenvalue weighted by molar-refractivity contribution is 7.80. The molecule has 2 unspecified atom stereocenters. The van der Waals surface area contributed by atoms with Crippen molar-refractivity contribution >= 4 is 23.0 Å². The third kappa shape index (κ3) is 2.57. The van der Waals surface area contributed by atoms with Crippen LogP contribution in [0.5, 0.6) is 0 Å². The van der Waals surface area contributed by atoms with E-state index in [1.54, 1.807) is 6.20 Å². The van der Waals surface area contributed by atoms with E-state index in [9.17, 15) is 0 Å². The molecule has 0 bridgehead atoms. The summed E-state index contributed by atoms with van der Waals surface area (Å²) in [6.45, 7) is 5.66. The van der Waals surface area contributed by atoms with E-state index in [2.05, 4.69) is 23.7 Å². The lowest BCUT2D eigenvalue weighted by molar-refractivity contribution is 0.361. The quantitative estimate of drug-likeness (QED) is 0.817. The fourth-order valence-corrected chi connectivity index (χ4v) is 2.48. The molecule has 92 valence electrons. The van der Waals surface area contributed by atoms with Gasteiger partial charge in [-0.15, -0.1) is 0 Å². The predicted octanol–water partition coefficient (Wildman–Crippen LogP) is 2.34. The zero-order chi connectivity index (χ0) is 12.4. The normalized spacial score (nSPS) is 24.7. The molecule has 0 saturated carbocycles.